The van der Waals surface area contributed by atoms with Crippen LogP contribution in [0.25, 0.3) is 17.0 Å². The van der Waals surface area contributed by atoms with Crippen LogP contribution < -0.4 is 5.43 Å². The molecular weight excluding hydrogens is 425 g/mol. The Bertz CT molecular complexity index is 1040. The Morgan fingerprint density at radius 3 is 2.67 bits per heavy atom. The summed E-state index contributed by atoms with van der Waals surface area (Å²) in [5.74, 6) is -0.138. The summed E-state index contributed by atoms with van der Waals surface area (Å²) in [6.45, 7) is 0. The highest BCUT2D eigenvalue weighted by Gasteiger charge is 2.37. The van der Waals surface area contributed by atoms with Crippen LogP contribution in [0.15, 0.2) is 32.5 Å². The van der Waals surface area contributed by atoms with Crippen LogP contribution in [0.1, 0.15) is 37.7 Å². The molecule has 1 saturated carbocycles. The lowest BCUT2D eigenvalue weighted by Gasteiger charge is -2.29. The van der Waals surface area contributed by atoms with Crippen molar-refractivity contribution in [2.75, 3.05) is 0 Å². The molecule has 2 aromatic rings. The number of carbonyl (C=O) groups is 1. The van der Waals surface area contributed by atoms with Crippen molar-refractivity contribution in [1.82, 2.24) is 4.90 Å². The van der Waals surface area contributed by atoms with E-state index < -0.39 is 0 Å². The second-order valence-corrected chi connectivity index (χ2v) is 9.15. The van der Waals surface area contributed by atoms with Crippen LogP contribution >= 0.6 is 47.2 Å². The average molecular weight is 440 g/mol. The Morgan fingerprint density at radius 1 is 1.19 bits per heavy atom. The summed E-state index contributed by atoms with van der Waals surface area (Å²) in [5.41, 5.74) is 0.256. The Hall–Kier alpha value is -1.34. The summed E-state index contributed by atoms with van der Waals surface area (Å²) in [4.78, 5) is 27.8. The van der Waals surface area contributed by atoms with E-state index in [2.05, 4.69) is 0 Å². The number of thiocarbonyl (C=S) groups is 1. The van der Waals surface area contributed by atoms with E-state index >= 15 is 0 Å². The third kappa shape index (κ3) is 3.56. The van der Waals surface area contributed by atoms with Crippen LogP contribution in [0.2, 0.25) is 10.0 Å². The summed E-state index contributed by atoms with van der Waals surface area (Å²) in [6.07, 6.45) is 8.21. The van der Waals surface area contributed by atoms with Crippen molar-refractivity contribution in [2.24, 2.45) is 0 Å². The number of nitrogens with zero attached hydrogens (tertiary/aromatic N) is 1. The van der Waals surface area contributed by atoms with Crippen LogP contribution in [0, 0.1) is 0 Å². The van der Waals surface area contributed by atoms with Gasteiger partial charge in [-0.15, -0.1) is 0 Å². The monoisotopic (exact) mass is 439 g/mol. The van der Waals surface area contributed by atoms with E-state index in [0.29, 0.717) is 14.2 Å². The first-order chi connectivity index (χ1) is 13.0. The molecule has 140 valence electrons. The lowest BCUT2D eigenvalue weighted by atomic mass is 9.94. The van der Waals surface area contributed by atoms with Crippen molar-refractivity contribution in [1.29, 1.82) is 0 Å². The zero-order valence-corrected chi connectivity index (χ0v) is 17.3. The first-order valence-electron chi connectivity index (χ1n) is 8.63. The topological polar surface area (TPSA) is 50.5 Å². The van der Waals surface area contributed by atoms with Gasteiger partial charge in [-0.1, -0.05) is 66.4 Å². The molecule has 0 unspecified atom stereocenters. The largest absolute Gasteiger partial charge is 0.462 e. The van der Waals surface area contributed by atoms with E-state index in [1.54, 1.807) is 11.0 Å². The zero-order chi connectivity index (χ0) is 19.1. The quantitative estimate of drug-likeness (QED) is 0.447. The summed E-state index contributed by atoms with van der Waals surface area (Å²) in [7, 11) is 0. The molecule has 1 aliphatic carbocycles. The van der Waals surface area contributed by atoms with Crippen molar-refractivity contribution in [3.05, 3.63) is 49.1 Å². The van der Waals surface area contributed by atoms with E-state index in [9.17, 15) is 9.59 Å². The molecule has 4 nitrogen and oxygen atoms in total. The number of hydrogen-bond acceptors (Lipinski definition) is 5. The maximum atomic E-state index is 12.9. The molecule has 8 heteroatoms. The molecule has 1 amide bonds. The minimum Gasteiger partial charge on any atom is -0.462 e. The third-order valence-corrected chi connectivity index (χ3v) is 6.70. The van der Waals surface area contributed by atoms with Crippen molar-refractivity contribution in [2.45, 2.75) is 38.1 Å². The third-order valence-electron chi connectivity index (χ3n) is 4.87. The van der Waals surface area contributed by atoms with Gasteiger partial charge < -0.3 is 4.42 Å². The molecule has 1 aromatic carbocycles. The van der Waals surface area contributed by atoms with Crippen molar-refractivity contribution in [3.8, 4) is 0 Å². The van der Waals surface area contributed by atoms with Gasteiger partial charge in [-0.25, -0.2) is 0 Å². The maximum Gasteiger partial charge on any atom is 0.266 e. The Balaban J connectivity index is 1.71. The zero-order valence-electron chi connectivity index (χ0n) is 14.2. The molecule has 1 saturated heterocycles. The fourth-order valence-electron chi connectivity index (χ4n) is 3.55. The number of rotatable bonds is 2. The molecule has 0 bridgehead atoms. The molecule has 2 heterocycles. The maximum absolute atomic E-state index is 12.9. The van der Waals surface area contributed by atoms with E-state index in [1.165, 1.54) is 36.6 Å². The first-order valence-corrected chi connectivity index (χ1v) is 10.6. The lowest BCUT2D eigenvalue weighted by molar-refractivity contribution is -0.124. The predicted octanol–water partition coefficient (Wildman–Crippen LogP) is 5.63. The minimum absolute atomic E-state index is 0.138. The van der Waals surface area contributed by atoms with Crippen LogP contribution in [0.5, 0.6) is 0 Å². The molecule has 1 aromatic heterocycles. The fraction of sp³-hybridized carbons (Fsp3) is 0.316. The molecule has 4 rings (SSSR count). The second-order valence-electron chi connectivity index (χ2n) is 6.63. The average Bonchev–Trinajstić information content (AvgIpc) is 2.92. The van der Waals surface area contributed by atoms with Gasteiger partial charge >= 0.3 is 0 Å². The van der Waals surface area contributed by atoms with Crippen LogP contribution in [-0.2, 0) is 4.79 Å². The second kappa shape index (κ2) is 7.59. The van der Waals surface area contributed by atoms with E-state index in [-0.39, 0.29) is 38.9 Å². The van der Waals surface area contributed by atoms with Crippen LogP contribution in [-0.4, -0.2) is 21.2 Å². The van der Waals surface area contributed by atoms with Gasteiger partial charge in [-0.2, -0.15) is 0 Å². The fourth-order valence-corrected chi connectivity index (χ4v) is 5.48. The molecule has 0 N–H and O–H groups in total. The normalized spacial score (nSPS) is 20.2. The smallest absolute Gasteiger partial charge is 0.266 e. The van der Waals surface area contributed by atoms with Crippen LogP contribution in [0.3, 0.4) is 0 Å². The number of hydrogen-bond donors (Lipinski definition) is 0. The summed E-state index contributed by atoms with van der Waals surface area (Å²) < 4.78 is 6.07. The highest BCUT2D eigenvalue weighted by Crippen LogP contribution is 2.37. The number of benzene rings is 1. The van der Waals surface area contributed by atoms with Gasteiger partial charge in [-0.05, 0) is 31.1 Å². The van der Waals surface area contributed by atoms with E-state index in [4.69, 9.17) is 39.8 Å². The predicted molar refractivity (Wildman–Crippen MR) is 114 cm³/mol. The molecule has 0 spiro atoms. The first kappa shape index (κ1) is 19.0. The molecule has 0 atom stereocenters. The lowest BCUT2D eigenvalue weighted by Crippen LogP contribution is -2.39. The molecule has 2 aliphatic rings. The van der Waals surface area contributed by atoms with Crippen molar-refractivity contribution >= 4 is 74.5 Å². The highest BCUT2D eigenvalue weighted by atomic mass is 35.5. The molecule has 27 heavy (non-hydrogen) atoms. The van der Waals surface area contributed by atoms with Gasteiger partial charge in [-0.3, -0.25) is 14.5 Å². The van der Waals surface area contributed by atoms with E-state index in [0.717, 1.165) is 25.7 Å². The molecular formula is C19H15Cl2NO3S2. The number of fused-ring (bicyclic) bond motifs is 1. The summed E-state index contributed by atoms with van der Waals surface area (Å²) >= 11 is 18.7. The van der Waals surface area contributed by atoms with Crippen molar-refractivity contribution in [3.63, 3.8) is 0 Å². The van der Waals surface area contributed by atoms with Gasteiger partial charge in [0.2, 0.25) is 0 Å². The number of carbonyl (C=O) groups excluding carboxylic acids is 1. The van der Waals surface area contributed by atoms with Gasteiger partial charge in [0.25, 0.3) is 5.91 Å². The van der Waals surface area contributed by atoms with Gasteiger partial charge in [0.15, 0.2) is 11.0 Å². The van der Waals surface area contributed by atoms with Gasteiger partial charge in [0.05, 0.1) is 20.9 Å². The van der Waals surface area contributed by atoms with Gasteiger partial charge in [0, 0.05) is 11.1 Å². The number of thioether (sulfide) groups is 1. The van der Waals surface area contributed by atoms with Gasteiger partial charge in [0.1, 0.15) is 10.6 Å². The highest BCUT2D eigenvalue weighted by molar-refractivity contribution is 8.26. The summed E-state index contributed by atoms with van der Waals surface area (Å²) in [6, 6.07) is 3.19. The number of amides is 1. The standard InChI is InChI=1S/C19H15Cl2NO3S2/c20-11-7-13-16(23)10(9-25-17(13)14(21)8-11)6-15-18(24)22(19(26)27-15)12-4-2-1-3-5-12/h6-9,12H,1-5H2/b15-6-. The van der Waals surface area contributed by atoms with E-state index in [1.807, 2.05) is 0 Å². The summed E-state index contributed by atoms with van der Waals surface area (Å²) in [5, 5.41) is 0.898. The molecule has 2 fully saturated rings. The molecule has 1 aliphatic heterocycles. The Labute approximate surface area is 175 Å². The number of halogens is 2. The van der Waals surface area contributed by atoms with Crippen LogP contribution in [0.4, 0.5) is 0 Å². The minimum atomic E-state index is -0.288. The molecule has 0 radical (unpaired) electrons. The Kier molecular flexibility index (Phi) is 5.34. The van der Waals surface area contributed by atoms with Crippen molar-refractivity contribution < 1.29 is 9.21 Å². The SMILES string of the molecule is O=C1/C(=C/c2coc3c(Cl)cc(Cl)cc3c2=O)SC(=S)N1C1CCCCC1. The Morgan fingerprint density at radius 2 is 1.93 bits per heavy atom.